The van der Waals surface area contributed by atoms with E-state index in [1.54, 1.807) is 0 Å². The van der Waals surface area contributed by atoms with E-state index in [9.17, 15) is 5.11 Å². The van der Waals surface area contributed by atoms with Gasteiger partial charge in [0.2, 0.25) is 0 Å². The Morgan fingerprint density at radius 3 is 2.43 bits per heavy atom. The second-order valence-electron chi connectivity index (χ2n) is 6.43. The molecule has 118 valence electrons. The fraction of sp³-hybridized carbons (Fsp3) is 0.667. The Bertz CT molecular complexity index is 412. The van der Waals surface area contributed by atoms with Crippen molar-refractivity contribution in [3.63, 3.8) is 0 Å². The molecule has 0 bridgehead atoms. The maximum Gasteiger partial charge on any atom is 0.119 e. The van der Waals surface area contributed by atoms with Gasteiger partial charge >= 0.3 is 0 Å². The summed E-state index contributed by atoms with van der Waals surface area (Å²) < 4.78 is 5.44. The molecular weight excluding hydrogens is 262 g/mol. The number of aliphatic hydroxyl groups is 1. The zero-order chi connectivity index (χ0) is 15.2. The minimum Gasteiger partial charge on any atom is -0.494 e. The van der Waals surface area contributed by atoms with Crippen molar-refractivity contribution >= 4 is 0 Å². The van der Waals surface area contributed by atoms with Gasteiger partial charge in [-0.3, -0.25) is 4.90 Å². The molecule has 0 saturated heterocycles. The van der Waals surface area contributed by atoms with Gasteiger partial charge in [0.05, 0.1) is 12.7 Å². The summed E-state index contributed by atoms with van der Waals surface area (Å²) in [4.78, 5) is 2.46. The first-order valence-electron chi connectivity index (χ1n) is 8.25. The Balaban J connectivity index is 1.89. The Labute approximate surface area is 128 Å². The first-order valence-corrected chi connectivity index (χ1v) is 8.25. The quantitative estimate of drug-likeness (QED) is 0.754. The summed E-state index contributed by atoms with van der Waals surface area (Å²) >= 11 is 0. The predicted octanol–water partition coefficient (Wildman–Crippen LogP) is 3.63. The molecule has 0 radical (unpaired) electrons. The van der Waals surface area contributed by atoms with Gasteiger partial charge in [0, 0.05) is 12.6 Å². The topological polar surface area (TPSA) is 32.7 Å². The van der Waals surface area contributed by atoms with Crippen LogP contribution in [-0.4, -0.2) is 35.7 Å². The van der Waals surface area contributed by atoms with Gasteiger partial charge in [0.15, 0.2) is 0 Å². The molecule has 1 saturated carbocycles. The lowest BCUT2D eigenvalue weighted by Gasteiger charge is -2.26. The van der Waals surface area contributed by atoms with Crippen LogP contribution in [0.5, 0.6) is 5.75 Å². The van der Waals surface area contributed by atoms with Crippen LogP contribution in [0.25, 0.3) is 0 Å². The molecule has 3 heteroatoms. The highest BCUT2D eigenvalue weighted by Crippen LogP contribution is 2.29. The molecule has 1 aromatic carbocycles. The van der Waals surface area contributed by atoms with E-state index < -0.39 is 6.10 Å². The number of hydrogen-bond acceptors (Lipinski definition) is 3. The maximum absolute atomic E-state index is 10.5. The zero-order valence-electron chi connectivity index (χ0n) is 13.6. The highest BCUT2D eigenvalue weighted by molar-refractivity contribution is 5.28. The number of nitrogens with zero attached hydrogens (tertiary/aromatic N) is 1. The van der Waals surface area contributed by atoms with Crippen molar-refractivity contribution in [3.8, 4) is 5.75 Å². The fourth-order valence-corrected chi connectivity index (χ4v) is 2.57. The maximum atomic E-state index is 10.5. The first-order chi connectivity index (χ1) is 10.1. The molecule has 0 spiro atoms. The van der Waals surface area contributed by atoms with E-state index in [0.29, 0.717) is 18.6 Å². The normalized spacial score (nSPS) is 16.5. The smallest absolute Gasteiger partial charge is 0.119 e. The molecule has 1 aliphatic rings. The fourth-order valence-electron chi connectivity index (χ4n) is 2.57. The third-order valence-corrected chi connectivity index (χ3v) is 4.04. The standard InChI is InChI=1S/C18H29NO2/c1-4-21-17-9-5-15(6-10-17)18(20)13-19(16-7-8-16)12-11-14(2)3/h5-6,9-10,14,16,18,20H,4,7-8,11-13H2,1-3H3. The van der Waals surface area contributed by atoms with Gasteiger partial charge in [0.25, 0.3) is 0 Å². The molecule has 1 aromatic rings. The number of aliphatic hydroxyl groups excluding tert-OH is 1. The van der Waals surface area contributed by atoms with Crippen molar-refractivity contribution in [1.29, 1.82) is 0 Å². The van der Waals surface area contributed by atoms with Gasteiger partial charge < -0.3 is 9.84 Å². The first kappa shape index (κ1) is 16.3. The van der Waals surface area contributed by atoms with Gasteiger partial charge in [-0.2, -0.15) is 0 Å². The van der Waals surface area contributed by atoms with Gasteiger partial charge in [-0.05, 0) is 56.3 Å². The lowest BCUT2D eigenvalue weighted by molar-refractivity contribution is 0.105. The van der Waals surface area contributed by atoms with Gasteiger partial charge in [-0.1, -0.05) is 26.0 Å². The monoisotopic (exact) mass is 291 g/mol. The van der Waals surface area contributed by atoms with Gasteiger partial charge in [0.1, 0.15) is 5.75 Å². The lowest BCUT2D eigenvalue weighted by atomic mass is 10.1. The van der Waals surface area contributed by atoms with Crippen LogP contribution in [0.4, 0.5) is 0 Å². The summed E-state index contributed by atoms with van der Waals surface area (Å²) in [5.41, 5.74) is 0.980. The molecule has 0 amide bonds. The van der Waals surface area contributed by atoms with E-state index >= 15 is 0 Å². The minimum absolute atomic E-state index is 0.409. The van der Waals surface area contributed by atoms with E-state index in [0.717, 1.165) is 24.4 Å². The van der Waals surface area contributed by atoms with Crippen LogP contribution in [0.2, 0.25) is 0 Å². The molecule has 0 aliphatic heterocycles. The highest BCUT2D eigenvalue weighted by atomic mass is 16.5. The average Bonchev–Trinajstić information content (AvgIpc) is 3.28. The molecule has 3 nitrogen and oxygen atoms in total. The van der Waals surface area contributed by atoms with E-state index in [4.69, 9.17) is 4.74 Å². The van der Waals surface area contributed by atoms with Crippen molar-refractivity contribution < 1.29 is 9.84 Å². The van der Waals surface area contributed by atoms with Crippen LogP contribution in [0.3, 0.4) is 0 Å². The van der Waals surface area contributed by atoms with E-state index in [1.807, 2.05) is 31.2 Å². The minimum atomic E-state index is -0.409. The van der Waals surface area contributed by atoms with Crippen LogP contribution in [-0.2, 0) is 0 Å². The van der Waals surface area contributed by atoms with Crippen LogP contribution in [0.1, 0.15) is 51.7 Å². The summed E-state index contributed by atoms with van der Waals surface area (Å²) in [6, 6.07) is 8.53. The molecule has 0 aromatic heterocycles. The second-order valence-corrected chi connectivity index (χ2v) is 6.43. The molecule has 1 N–H and O–H groups in total. The Morgan fingerprint density at radius 1 is 1.24 bits per heavy atom. The summed E-state index contributed by atoms with van der Waals surface area (Å²) in [5, 5.41) is 10.5. The largest absolute Gasteiger partial charge is 0.494 e. The summed E-state index contributed by atoms with van der Waals surface area (Å²) in [6.07, 6.45) is 3.36. The molecule has 21 heavy (non-hydrogen) atoms. The van der Waals surface area contributed by atoms with Crippen LogP contribution in [0.15, 0.2) is 24.3 Å². The van der Waals surface area contributed by atoms with Crippen molar-refractivity contribution in [2.24, 2.45) is 5.92 Å². The van der Waals surface area contributed by atoms with E-state index in [1.165, 1.54) is 19.3 Å². The van der Waals surface area contributed by atoms with E-state index in [-0.39, 0.29) is 0 Å². The molecule has 0 heterocycles. The summed E-state index contributed by atoms with van der Waals surface area (Å²) in [6.45, 7) is 9.00. The highest BCUT2D eigenvalue weighted by Gasteiger charge is 2.30. The molecule has 1 atom stereocenters. The molecule has 2 rings (SSSR count). The number of hydrogen-bond donors (Lipinski definition) is 1. The molecular formula is C18H29NO2. The van der Waals surface area contributed by atoms with E-state index in [2.05, 4.69) is 18.7 Å². The Morgan fingerprint density at radius 2 is 1.90 bits per heavy atom. The third kappa shape index (κ3) is 5.33. The van der Waals surface area contributed by atoms with Crippen molar-refractivity contribution in [2.45, 2.75) is 52.2 Å². The molecule has 1 aliphatic carbocycles. The van der Waals surface area contributed by atoms with Gasteiger partial charge in [-0.15, -0.1) is 0 Å². The second kappa shape index (κ2) is 7.81. The van der Waals surface area contributed by atoms with Crippen LogP contribution < -0.4 is 4.74 Å². The summed E-state index contributed by atoms with van der Waals surface area (Å²) in [5.74, 6) is 1.58. The SMILES string of the molecule is CCOc1ccc(C(O)CN(CCC(C)C)C2CC2)cc1. The van der Waals surface area contributed by atoms with Gasteiger partial charge in [-0.25, -0.2) is 0 Å². The molecule has 1 unspecified atom stereocenters. The summed E-state index contributed by atoms with van der Waals surface area (Å²) in [7, 11) is 0. The van der Waals surface area contributed by atoms with Crippen LogP contribution in [0, 0.1) is 5.92 Å². The lowest BCUT2D eigenvalue weighted by Crippen LogP contribution is -2.32. The number of rotatable bonds is 9. The average molecular weight is 291 g/mol. The third-order valence-electron chi connectivity index (χ3n) is 4.04. The van der Waals surface area contributed by atoms with Crippen molar-refractivity contribution in [2.75, 3.05) is 19.7 Å². The molecule has 1 fully saturated rings. The predicted molar refractivity (Wildman–Crippen MR) is 86.6 cm³/mol. The van der Waals surface area contributed by atoms with Crippen molar-refractivity contribution in [3.05, 3.63) is 29.8 Å². The van der Waals surface area contributed by atoms with Crippen LogP contribution >= 0.6 is 0 Å². The number of ether oxygens (including phenoxy) is 1. The Hall–Kier alpha value is -1.06. The Kier molecular flexibility index (Phi) is 6.07. The van der Waals surface area contributed by atoms with Crippen molar-refractivity contribution in [1.82, 2.24) is 4.90 Å². The number of benzene rings is 1. The zero-order valence-corrected chi connectivity index (χ0v) is 13.6.